The van der Waals surface area contributed by atoms with Gasteiger partial charge in [0.1, 0.15) is 17.2 Å². The molecule has 0 heterocycles. The summed E-state index contributed by atoms with van der Waals surface area (Å²) in [4.78, 5) is 35.7. The van der Waals surface area contributed by atoms with Crippen molar-refractivity contribution in [3.63, 3.8) is 0 Å². The smallest absolute Gasteiger partial charge is 0.408 e. The fourth-order valence-corrected chi connectivity index (χ4v) is 3.39. The van der Waals surface area contributed by atoms with Gasteiger partial charge < -0.3 is 25.2 Å². The molecule has 8 nitrogen and oxygen atoms in total. The molecule has 2 aromatic rings. The summed E-state index contributed by atoms with van der Waals surface area (Å²) in [6, 6.07) is 16.5. The van der Waals surface area contributed by atoms with E-state index in [4.69, 9.17) is 9.47 Å². The maximum atomic E-state index is 12.5. The van der Waals surface area contributed by atoms with Crippen LogP contribution in [0.5, 0.6) is 0 Å². The minimum absolute atomic E-state index is 0.201. The Bertz CT molecular complexity index is 981. The van der Waals surface area contributed by atoms with Gasteiger partial charge in [-0.3, -0.25) is 0 Å². The fraction of sp³-hybridized carbons (Fsp3) is 0.444. The van der Waals surface area contributed by atoms with Crippen molar-refractivity contribution in [1.82, 2.24) is 10.6 Å². The van der Waals surface area contributed by atoms with E-state index in [9.17, 15) is 19.5 Å². The zero-order valence-corrected chi connectivity index (χ0v) is 21.1. The number of hydrogen-bond donors (Lipinski definition) is 3. The molecule has 0 radical (unpaired) electrons. The molecule has 0 fully saturated rings. The molecule has 35 heavy (non-hydrogen) atoms. The Morgan fingerprint density at radius 3 is 2.00 bits per heavy atom. The second-order valence-corrected chi connectivity index (χ2v) is 9.80. The van der Waals surface area contributed by atoms with Crippen molar-refractivity contribution in [2.24, 2.45) is 0 Å². The van der Waals surface area contributed by atoms with Crippen molar-refractivity contribution in [3.8, 4) is 11.1 Å². The van der Waals surface area contributed by atoms with Crippen LogP contribution in [0.15, 0.2) is 54.6 Å². The molecule has 0 aromatic heterocycles. The number of carboxylic acid groups (broad SMARTS) is 1. The van der Waals surface area contributed by atoms with Crippen molar-refractivity contribution in [2.75, 3.05) is 6.54 Å². The van der Waals surface area contributed by atoms with Crippen LogP contribution in [0.1, 0.15) is 59.4 Å². The SMILES string of the molecule is CC(C)(C)OC(=O)NCCCCC(NC(=O)OC(C)(C)c1ccc(-c2ccccc2)cc1)C(=O)O. The number of benzene rings is 2. The van der Waals surface area contributed by atoms with E-state index in [0.29, 0.717) is 19.4 Å². The summed E-state index contributed by atoms with van der Waals surface area (Å²) in [5.74, 6) is -1.15. The quantitative estimate of drug-likeness (QED) is 0.386. The van der Waals surface area contributed by atoms with Gasteiger partial charge in [0, 0.05) is 6.54 Å². The van der Waals surface area contributed by atoms with Crippen LogP contribution < -0.4 is 10.6 Å². The van der Waals surface area contributed by atoms with Crippen LogP contribution in [0.4, 0.5) is 9.59 Å². The summed E-state index contributed by atoms with van der Waals surface area (Å²) in [7, 11) is 0. The first kappa shape index (κ1) is 27.7. The maximum absolute atomic E-state index is 12.5. The average molecular weight is 485 g/mol. The summed E-state index contributed by atoms with van der Waals surface area (Å²) in [6.07, 6.45) is -0.0994. The average Bonchev–Trinajstić information content (AvgIpc) is 2.77. The van der Waals surface area contributed by atoms with E-state index < -0.39 is 35.4 Å². The van der Waals surface area contributed by atoms with Crippen molar-refractivity contribution >= 4 is 18.2 Å². The van der Waals surface area contributed by atoms with Crippen LogP contribution >= 0.6 is 0 Å². The lowest BCUT2D eigenvalue weighted by Crippen LogP contribution is -2.43. The molecule has 0 bridgehead atoms. The van der Waals surface area contributed by atoms with E-state index in [1.54, 1.807) is 34.6 Å². The molecule has 3 N–H and O–H groups in total. The summed E-state index contributed by atoms with van der Waals surface area (Å²) >= 11 is 0. The third kappa shape index (κ3) is 9.68. The van der Waals surface area contributed by atoms with E-state index in [0.717, 1.165) is 16.7 Å². The Balaban J connectivity index is 1.84. The van der Waals surface area contributed by atoms with Crippen molar-refractivity contribution in [1.29, 1.82) is 0 Å². The molecule has 8 heteroatoms. The lowest BCUT2D eigenvalue weighted by Gasteiger charge is -2.27. The van der Waals surface area contributed by atoms with Gasteiger partial charge in [-0.05, 0) is 70.6 Å². The highest BCUT2D eigenvalue weighted by atomic mass is 16.6. The molecule has 0 spiro atoms. The van der Waals surface area contributed by atoms with E-state index in [1.165, 1.54) is 0 Å². The third-order valence-electron chi connectivity index (χ3n) is 5.21. The number of rotatable bonds is 10. The predicted molar refractivity (Wildman–Crippen MR) is 134 cm³/mol. The van der Waals surface area contributed by atoms with Crippen molar-refractivity contribution in [2.45, 2.75) is 71.1 Å². The lowest BCUT2D eigenvalue weighted by molar-refractivity contribution is -0.139. The fourth-order valence-electron chi connectivity index (χ4n) is 3.39. The maximum Gasteiger partial charge on any atom is 0.408 e. The Labute approximate surface area is 207 Å². The normalized spacial score (nSPS) is 12.4. The second kappa shape index (κ2) is 12.2. The molecule has 2 aromatic carbocycles. The van der Waals surface area contributed by atoms with Crippen LogP contribution in [0.2, 0.25) is 0 Å². The number of ether oxygens (including phenoxy) is 2. The van der Waals surface area contributed by atoms with Crippen molar-refractivity contribution in [3.05, 3.63) is 60.2 Å². The summed E-state index contributed by atoms with van der Waals surface area (Å²) < 4.78 is 10.7. The highest BCUT2D eigenvalue weighted by Crippen LogP contribution is 2.28. The van der Waals surface area contributed by atoms with Gasteiger partial charge >= 0.3 is 18.2 Å². The number of carbonyl (C=O) groups excluding carboxylic acids is 2. The molecule has 2 amide bonds. The molecule has 0 saturated heterocycles. The summed E-state index contributed by atoms with van der Waals surface area (Å²) in [5, 5.41) is 14.6. The lowest BCUT2D eigenvalue weighted by atomic mass is 9.95. The molecule has 1 unspecified atom stereocenters. The second-order valence-electron chi connectivity index (χ2n) is 9.80. The Morgan fingerprint density at radius 2 is 1.43 bits per heavy atom. The zero-order valence-electron chi connectivity index (χ0n) is 21.1. The highest BCUT2D eigenvalue weighted by Gasteiger charge is 2.28. The molecular formula is C27H36N2O6. The van der Waals surface area contributed by atoms with Crippen LogP contribution in [-0.2, 0) is 19.9 Å². The minimum Gasteiger partial charge on any atom is -0.480 e. The Hall–Kier alpha value is -3.55. The van der Waals surface area contributed by atoms with Gasteiger partial charge in [-0.1, -0.05) is 54.6 Å². The molecule has 0 aliphatic rings. The number of carboxylic acids is 1. The Morgan fingerprint density at radius 1 is 0.829 bits per heavy atom. The standard InChI is InChI=1S/C27H36N2O6/c1-26(2,3)34-24(32)28-18-10-9-13-22(23(30)31)29-25(33)35-27(4,5)21-16-14-20(15-17-21)19-11-7-6-8-12-19/h6-8,11-12,14-17,22H,9-10,13,18H2,1-5H3,(H,28,32)(H,29,33)(H,30,31). The molecule has 0 aliphatic heterocycles. The topological polar surface area (TPSA) is 114 Å². The number of hydrogen-bond acceptors (Lipinski definition) is 5. The predicted octanol–water partition coefficient (Wildman–Crippen LogP) is 5.46. The number of unbranched alkanes of at least 4 members (excludes halogenated alkanes) is 1. The van der Waals surface area contributed by atoms with Gasteiger partial charge in [0.2, 0.25) is 0 Å². The van der Waals surface area contributed by atoms with E-state index in [-0.39, 0.29) is 6.42 Å². The molecule has 0 aliphatic carbocycles. The number of amides is 2. The highest BCUT2D eigenvalue weighted by molar-refractivity contribution is 5.80. The molecule has 2 rings (SSSR count). The third-order valence-corrected chi connectivity index (χ3v) is 5.21. The number of nitrogens with one attached hydrogen (secondary N) is 2. The first-order valence-corrected chi connectivity index (χ1v) is 11.7. The largest absolute Gasteiger partial charge is 0.480 e. The molecule has 190 valence electrons. The van der Waals surface area contributed by atoms with Crippen LogP contribution in [0, 0.1) is 0 Å². The number of carbonyl (C=O) groups is 3. The number of alkyl carbamates (subject to hydrolysis) is 2. The van der Waals surface area contributed by atoms with Gasteiger partial charge in [0.15, 0.2) is 0 Å². The molecular weight excluding hydrogens is 448 g/mol. The van der Waals surface area contributed by atoms with Gasteiger partial charge in [0.05, 0.1) is 0 Å². The van der Waals surface area contributed by atoms with Crippen molar-refractivity contribution < 1.29 is 29.0 Å². The minimum atomic E-state index is -1.15. The molecule has 0 saturated carbocycles. The van der Waals surface area contributed by atoms with Crippen LogP contribution in [0.25, 0.3) is 11.1 Å². The monoisotopic (exact) mass is 484 g/mol. The van der Waals surface area contributed by atoms with Gasteiger partial charge in [-0.2, -0.15) is 0 Å². The van der Waals surface area contributed by atoms with Gasteiger partial charge in [-0.15, -0.1) is 0 Å². The number of aliphatic carboxylic acids is 1. The van der Waals surface area contributed by atoms with Crippen LogP contribution in [0.3, 0.4) is 0 Å². The van der Waals surface area contributed by atoms with Crippen LogP contribution in [-0.4, -0.2) is 41.4 Å². The molecule has 1 atom stereocenters. The van der Waals surface area contributed by atoms with Gasteiger partial charge in [-0.25, -0.2) is 14.4 Å². The van der Waals surface area contributed by atoms with E-state index in [2.05, 4.69) is 10.6 Å². The van der Waals surface area contributed by atoms with E-state index in [1.807, 2.05) is 54.6 Å². The zero-order chi connectivity index (χ0) is 26.1. The Kier molecular flexibility index (Phi) is 9.68. The first-order valence-electron chi connectivity index (χ1n) is 11.7. The van der Waals surface area contributed by atoms with Gasteiger partial charge in [0.25, 0.3) is 0 Å². The van der Waals surface area contributed by atoms with E-state index >= 15 is 0 Å². The summed E-state index contributed by atoms with van der Waals surface area (Å²) in [6.45, 7) is 9.17. The first-order chi connectivity index (χ1) is 16.4. The summed E-state index contributed by atoms with van der Waals surface area (Å²) in [5.41, 5.74) is 1.37.